The van der Waals surface area contributed by atoms with Gasteiger partial charge in [0.2, 0.25) is 7.37 Å². The fourth-order valence-corrected chi connectivity index (χ4v) is 1.96. The van der Waals surface area contributed by atoms with Gasteiger partial charge in [0.25, 0.3) is 0 Å². The van der Waals surface area contributed by atoms with Gasteiger partial charge in [-0.2, -0.15) is 0 Å². The molecule has 1 atom stereocenters. The van der Waals surface area contributed by atoms with E-state index in [1.165, 1.54) is 6.08 Å². The third-order valence-electron chi connectivity index (χ3n) is 1.12. The van der Waals surface area contributed by atoms with Crippen molar-refractivity contribution in [2.24, 2.45) is 0 Å². The molecule has 0 aromatic rings. The highest BCUT2D eigenvalue weighted by Gasteiger charge is 2.18. The Hall–Kier alpha value is -0.950. The number of hydrogen-bond donors (Lipinski definition) is 0. The monoisotopic (exact) mass is 182 g/mol. The molecule has 0 N–H and O–H groups in total. The van der Waals surface area contributed by atoms with E-state index in [0.717, 1.165) is 0 Å². The van der Waals surface area contributed by atoms with Crippen LogP contribution in [-0.4, -0.2) is 18.9 Å². The van der Waals surface area contributed by atoms with E-state index in [9.17, 15) is 4.57 Å². The molecule has 0 amide bonds. The lowest BCUT2D eigenvalue weighted by atomic mass is 10.8. The second kappa shape index (κ2) is 5.67. The summed E-state index contributed by atoms with van der Waals surface area (Å²) in [6, 6.07) is 0. The fraction of sp³-hybridized carbons (Fsp3) is 0.333. The molecule has 64 valence electrons. The van der Waals surface area contributed by atoms with E-state index in [-0.39, 0.29) is 18.9 Å². The van der Waals surface area contributed by atoms with Crippen LogP contribution in [0.4, 0.5) is 0 Å². The normalized spacial score (nSPS) is 13.8. The van der Waals surface area contributed by atoms with Crippen LogP contribution in [0.3, 0.4) is 0 Å². The Kier molecular flexibility index (Phi) is 5.22. The second-order valence-corrected chi connectivity index (χ2v) is 4.69. The van der Waals surface area contributed by atoms with Gasteiger partial charge in [-0.05, 0) is 0 Å². The topological polar surface area (TPSA) is 26.3 Å². The van der Waals surface area contributed by atoms with Gasteiger partial charge in [0.15, 0.2) is 0 Å². The average Bonchev–Trinajstić information content (AvgIpc) is 2.02. The molecule has 0 spiro atoms. The zero-order chi connectivity index (χ0) is 9.45. The minimum absolute atomic E-state index is 0.0345. The summed E-state index contributed by atoms with van der Waals surface area (Å²) in [7, 11) is -2.73. The molecule has 1 unspecified atom stereocenters. The third kappa shape index (κ3) is 4.04. The SMILES string of the molecule is C#CCOP(=O)(CC#C)CC=C. The van der Waals surface area contributed by atoms with Crippen LogP contribution in [0.15, 0.2) is 12.7 Å². The number of allylic oxidation sites excluding steroid dienone is 1. The Morgan fingerprint density at radius 2 is 2.17 bits per heavy atom. The highest BCUT2D eigenvalue weighted by Crippen LogP contribution is 2.45. The van der Waals surface area contributed by atoms with Gasteiger partial charge in [0, 0.05) is 6.16 Å². The van der Waals surface area contributed by atoms with Gasteiger partial charge < -0.3 is 4.52 Å². The van der Waals surface area contributed by atoms with Crippen LogP contribution in [-0.2, 0) is 9.09 Å². The van der Waals surface area contributed by atoms with Gasteiger partial charge >= 0.3 is 0 Å². The van der Waals surface area contributed by atoms with Crippen LogP contribution < -0.4 is 0 Å². The molecule has 3 heteroatoms. The predicted octanol–water partition coefficient (Wildman–Crippen LogP) is 1.73. The van der Waals surface area contributed by atoms with Gasteiger partial charge in [0.1, 0.15) is 6.61 Å². The standard InChI is InChI=1S/C9H11O2P/c1-4-7-11-12(10,8-5-2)9-6-3/h1-2,6H,3,7-9H2. The average molecular weight is 182 g/mol. The number of hydrogen-bond acceptors (Lipinski definition) is 2. The number of terminal acetylenes is 2. The van der Waals surface area contributed by atoms with Crippen molar-refractivity contribution in [3.05, 3.63) is 12.7 Å². The van der Waals surface area contributed by atoms with Crippen molar-refractivity contribution < 1.29 is 9.09 Å². The molecule has 0 aliphatic rings. The first-order valence-electron chi connectivity index (χ1n) is 3.39. The summed E-state index contributed by atoms with van der Waals surface area (Å²) in [5.74, 6) is 4.54. The number of rotatable bonds is 5. The van der Waals surface area contributed by atoms with E-state index < -0.39 is 7.37 Å². The second-order valence-electron chi connectivity index (χ2n) is 2.13. The highest BCUT2D eigenvalue weighted by molar-refractivity contribution is 7.59. The first kappa shape index (κ1) is 11.1. The molecule has 12 heavy (non-hydrogen) atoms. The highest BCUT2D eigenvalue weighted by atomic mass is 31.2. The van der Waals surface area contributed by atoms with E-state index in [0.29, 0.717) is 0 Å². The molecule has 0 aromatic carbocycles. The molecule has 0 aliphatic carbocycles. The Bertz CT molecular complexity index is 267. The fourth-order valence-electron chi connectivity index (χ4n) is 0.654. The molecule has 0 saturated heterocycles. The lowest BCUT2D eigenvalue weighted by molar-refractivity contribution is 0.363. The zero-order valence-electron chi connectivity index (χ0n) is 6.82. The summed E-state index contributed by atoms with van der Waals surface area (Å²) in [5.41, 5.74) is 0. The zero-order valence-corrected chi connectivity index (χ0v) is 7.72. The molecule has 0 heterocycles. The summed E-state index contributed by atoms with van der Waals surface area (Å²) in [6.07, 6.45) is 11.9. The summed E-state index contributed by atoms with van der Waals surface area (Å²) in [5, 5.41) is 0. The summed E-state index contributed by atoms with van der Waals surface area (Å²) >= 11 is 0. The first-order chi connectivity index (χ1) is 5.68. The lowest BCUT2D eigenvalue weighted by Gasteiger charge is -2.11. The molecule has 2 nitrogen and oxygen atoms in total. The van der Waals surface area contributed by atoms with Gasteiger partial charge in [-0.1, -0.05) is 17.9 Å². The maximum absolute atomic E-state index is 11.6. The van der Waals surface area contributed by atoms with Crippen molar-refractivity contribution in [2.45, 2.75) is 0 Å². The molecular weight excluding hydrogens is 171 g/mol. The molecule has 0 aliphatic heterocycles. The first-order valence-corrected chi connectivity index (χ1v) is 5.38. The van der Waals surface area contributed by atoms with Crippen LogP contribution >= 0.6 is 7.37 Å². The maximum Gasteiger partial charge on any atom is 0.219 e. The minimum Gasteiger partial charge on any atom is -0.315 e. The van der Waals surface area contributed by atoms with Crippen LogP contribution in [0.5, 0.6) is 0 Å². The molecule has 0 rings (SSSR count). The largest absolute Gasteiger partial charge is 0.315 e. The smallest absolute Gasteiger partial charge is 0.219 e. The molecule has 0 radical (unpaired) electrons. The Morgan fingerprint density at radius 3 is 2.58 bits per heavy atom. The van der Waals surface area contributed by atoms with Crippen molar-refractivity contribution in [2.75, 3.05) is 18.9 Å². The quantitative estimate of drug-likeness (QED) is 0.367. The Morgan fingerprint density at radius 1 is 1.50 bits per heavy atom. The summed E-state index contributed by atoms with van der Waals surface area (Å²) in [6.45, 7) is 3.50. The summed E-state index contributed by atoms with van der Waals surface area (Å²) < 4.78 is 16.6. The van der Waals surface area contributed by atoms with Crippen LogP contribution in [0.1, 0.15) is 0 Å². The Labute approximate surface area is 73.5 Å². The third-order valence-corrected chi connectivity index (χ3v) is 3.20. The molecule has 0 bridgehead atoms. The van der Waals surface area contributed by atoms with Gasteiger partial charge in [-0.25, -0.2) is 0 Å². The molecular formula is C9H11O2P. The molecule has 0 aromatic heterocycles. The minimum atomic E-state index is -2.73. The van der Waals surface area contributed by atoms with Crippen molar-refractivity contribution in [1.82, 2.24) is 0 Å². The predicted molar refractivity (Wildman–Crippen MR) is 51.2 cm³/mol. The van der Waals surface area contributed by atoms with E-state index in [2.05, 4.69) is 18.4 Å². The van der Waals surface area contributed by atoms with Crippen LogP contribution in [0.2, 0.25) is 0 Å². The van der Waals surface area contributed by atoms with Gasteiger partial charge in [0.05, 0.1) is 6.16 Å². The van der Waals surface area contributed by atoms with Crippen molar-refractivity contribution >= 4 is 7.37 Å². The van der Waals surface area contributed by atoms with E-state index >= 15 is 0 Å². The van der Waals surface area contributed by atoms with Gasteiger partial charge in [-0.15, -0.1) is 19.4 Å². The molecule has 0 saturated carbocycles. The van der Waals surface area contributed by atoms with E-state index in [1.807, 2.05) is 0 Å². The van der Waals surface area contributed by atoms with Gasteiger partial charge in [-0.3, -0.25) is 4.57 Å². The van der Waals surface area contributed by atoms with E-state index in [1.54, 1.807) is 0 Å². The van der Waals surface area contributed by atoms with Crippen LogP contribution in [0.25, 0.3) is 0 Å². The van der Waals surface area contributed by atoms with Crippen molar-refractivity contribution in [1.29, 1.82) is 0 Å². The molecule has 0 fully saturated rings. The summed E-state index contributed by atoms with van der Waals surface area (Å²) in [4.78, 5) is 0. The Balaban J connectivity index is 4.22. The lowest BCUT2D eigenvalue weighted by Crippen LogP contribution is -1.97. The van der Waals surface area contributed by atoms with Crippen molar-refractivity contribution in [3.8, 4) is 24.7 Å². The van der Waals surface area contributed by atoms with E-state index in [4.69, 9.17) is 17.4 Å². The van der Waals surface area contributed by atoms with Crippen molar-refractivity contribution in [3.63, 3.8) is 0 Å². The maximum atomic E-state index is 11.6. The van der Waals surface area contributed by atoms with Crippen LogP contribution in [0, 0.1) is 24.7 Å².